The van der Waals surface area contributed by atoms with Crippen molar-refractivity contribution in [2.24, 2.45) is 4.99 Å². The van der Waals surface area contributed by atoms with Crippen LogP contribution >= 0.6 is 24.0 Å². The van der Waals surface area contributed by atoms with Gasteiger partial charge in [-0.3, -0.25) is 9.89 Å². The van der Waals surface area contributed by atoms with Gasteiger partial charge in [-0.1, -0.05) is 19.1 Å². The highest BCUT2D eigenvalue weighted by atomic mass is 127. The van der Waals surface area contributed by atoms with E-state index in [4.69, 9.17) is 0 Å². The Hall–Kier alpha value is -1.09. The molecule has 2 N–H and O–H groups in total. The van der Waals surface area contributed by atoms with E-state index < -0.39 is 0 Å². The summed E-state index contributed by atoms with van der Waals surface area (Å²) >= 11 is 0. The number of hydrogen-bond donors (Lipinski definition) is 2. The summed E-state index contributed by atoms with van der Waals surface area (Å²) in [7, 11) is 1.81. The maximum Gasteiger partial charge on any atom is 0.191 e. The van der Waals surface area contributed by atoms with Crippen LogP contribution in [0.5, 0.6) is 0 Å². The van der Waals surface area contributed by atoms with Crippen molar-refractivity contribution in [2.75, 3.05) is 51.2 Å². The predicted octanol–water partition coefficient (Wildman–Crippen LogP) is 2.92. The van der Waals surface area contributed by atoms with Gasteiger partial charge in [0.15, 0.2) is 5.96 Å². The molecule has 1 heterocycles. The maximum atomic E-state index is 13.9. The lowest BCUT2D eigenvalue weighted by Gasteiger charge is -2.36. The summed E-state index contributed by atoms with van der Waals surface area (Å²) in [6.07, 6.45) is 2.15. The van der Waals surface area contributed by atoms with Gasteiger partial charge in [0.25, 0.3) is 0 Å². The molecule has 1 aliphatic heterocycles. The van der Waals surface area contributed by atoms with Gasteiger partial charge in [-0.05, 0) is 38.4 Å². The van der Waals surface area contributed by atoms with Crippen molar-refractivity contribution >= 4 is 35.6 Å². The van der Waals surface area contributed by atoms with E-state index >= 15 is 0 Å². The van der Waals surface area contributed by atoms with Crippen LogP contribution in [0.2, 0.25) is 0 Å². The first-order valence-electron chi connectivity index (χ1n) is 9.33. The number of piperazine rings is 1. The number of benzene rings is 1. The molecule has 0 bridgehead atoms. The van der Waals surface area contributed by atoms with Gasteiger partial charge in [-0.15, -0.1) is 24.0 Å². The molecule has 0 saturated carbocycles. The van der Waals surface area contributed by atoms with Crippen LogP contribution in [0.25, 0.3) is 0 Å². The van der Waals surface area contributed by atoms with Gasteiger partial charge in [0, 0.05) is 45.8 Å². The number of anilines is 1. The molecule has 1 atom stereocenters. The number of guanidine groups is 1. The molecule has 0 aliphatic carbocycles. The molecule has 1 saturated heterocycles. The lowest BCUT2D eigenvalue weighted by molar-refractivity contribution is 0.254. The summed E-state index contributed by atoms with van der Waals surface area (Å²) in [4.78, 5) is 8.84. The third-order valence-electron chi connectivity index (χ3n) is 4.73. The standard InChI is InChI=1S/C19H32FN5.HI/c1-4-16(2)23-19(21-3)22-10-7-11-24-12-14-25(15-13-24)18-9-6-5-8-17(18)20;/h5-6,8-9,16H,4,7,10-15H2,1-3H3,(H2,21,22,23);1H. The van der Waals surface area contributed by atoms with E-state index in [1.807, 2.05) is 12.1 Å². The highest BCUT2D eigenvalue weighted by molar-refractivity contribution is 14.0. The molecule has 26 heavy (non-hydrogen) atoms. The number of nitrogens with one attached hydrogen (secondary N) is 2. The van der Waals surface area contributed by atoms with Crippen LogP contribution < -0.4 is 15.5 Å². The molecule has 0 spiro atoms. The molecule has 7 heteroatoms. The number of hydrogen-bond acceptors (Lipinski definition) is 3. The Kier molecular flexibility index (Phi) is 10.9. The topological polar surface area (TPSA) is 42.9 Å². The number of para-hydroxylation sites is 1. The summed E-state index contributed by atoms with van der Waals surface area (Å²) in [5, 5.41) is 6.74. The fourth-order valence-corrected chi connectivity index (χ4v) is 2.96. The first-order valence-corrected chi connectivity index (χ1v) is 9.33. The quantitative estimate of drug-likeness (QED) is 0.275. The first kappa shape index (κ1) is 23.0. The number of aliphatic imine (C=N–C) groups is 1. The van der Waals surface area contributed by atoms with Crippen molar-refractivity contribution in [3.63, 3.8) is 0 Å². The second-order valence-corrected chi connectivity index (χ2v) is 6.59. The molecule has 0 radical (unpaired) electrons. The van der Waals surface area contributed by atoms with E-state index in [-0.39, 0.29) is 29.8 Å². The van der Waals surface area contributed by atoms with Crippen molar-refractivity contribution < 1.29 is 4.39 Å². The fraction of sp³-hybridized carbons (Fsp3) is 0.632. The van der Waals surface area contributed by atoms with Gasteiger partial charge in [-0.2, -0.15) is 0 Å². The van der Waals surface area contributed by atoms with E-state index in [0.717, 1.165) is 63.8 Å². The molecule has 1 aromatic carbocycles. The average molecular weight is 477 g/mol. The number of halogens is 2. The van der Waals surface area contributed by atoms with Gasteiger partial charge < -0.3 is 15.5 Å². The normalized spacial score (nSPS) is 16.8. The molecule has 1 fully saturated rings. The summed E-state index contributed by atoms with van der Waals surface area (Å²) in [6.45, 7) is 10.00. The van der Waals surface area contributed by atoms with Crippen LogP contribution in [0.1, 0.15) is 26.7 Å². The molecule has 148 valence electrons. The van der Waals surface area contributed by atoms with Gasteiger partial charge in [0.1, 0.15) is 5.82 Å². The van der Waals surface area contributed by atoms with E-state index in [1.165, 1.54) is 6.07 Å². The van der Waals surface area contributed by atoms with Gasteiger partial charge in [0.05, 0.1) is 5.69 Å². The van der Waals surface area contributed by atoms with E-state index in [2.05, 4.69) is 39.3 Å². The van der Waals surface area contributed by atoms with Crippen LogP contribution in [0, 0.1) is 5.82 Å². The summed E-state index contributed by atoms with van der Waals surface area (Å²) in [5.74, 6) is 0.749. The molecule has 2 rings (SSSR count). The monoisotopic (exact) mass is 477 g/mol. The third-order valence-corrected chi connectivity index (χ3v) is 4.73. The van der Waals surface area contributed by atoms with Crippen molar-refractivity contribution in [1.82, 2.24) is 15.5 Å². The predicted molar refractivity (Wildman–Crippen MR) is 119 cm³/mol. The Balaban J connectivity index is 0.00000338. The van der Waals surface area contributed by atoms with Crippen LogP contribution in [-0.2, 0) is 0 Å². The fourth-order valence-electron chi connectivity index (χ4n) is 2.96. The van der Waals surface area contributed by atoms with E-state index in [0.29, 0.717) is 6.04 Å². The zero-order chi connectivity index (χ0) is 18.1. The zero-order valence-electron chi connectivity index (χ0n) is 16.2. The maximum absolute atomic E-state index is 13.9. The zero-order valence-corrected chi connectivity index (χ0v) is 18.5. The summed E-state index contributed by atoms with van der Waals surface area (Å²) in [5.41, 5.74) is 0.726. The van der Waals surface area contributed by atoms with Crippen molar-refractivity contribution in [1.29, 1.82) is 0 Å². The minimum Gasteiger partial charge on any atom is -0.367 e. The van der Waals surface area contributed by atoms with Crippen molar-refractivity contribution in [2.45, 2.75) is 32.7 Å². The van der Waals surface area contributed by atoms with Crippen LogP contribution in [-0.4, -0.2) is 63.2 Å². The highest BCUT2D eigenvalue weighted by Gasteiger charge is 2.18. The molecular formula is C19H33FIN5. The Morgan fingerprint density at radius 2 is 1.92 bits per heavy atom. The molecule has 1 aromatic rings. The molecule has 0 aromatic heterocycles. The Bertz CT molecular complexity index is 546. The molecule has 1 unspecified atom stereocenters. The largest absolute Gasteiger partial charge is 0.367 e. The number of rotatable bonds is 7. The lowest BCUT2D eigenvalue weighted by Crippen LogP contribution is -2.47. The van der Waals surface area contributed by atoms with E-state index in [9.17, 15) is 4.39 Å². The molecular weight excluding hydrogens is 444 g/mol. The Morgan fingerprint density at radius 3 is 2.54 bits per heavy atom. The van der Waals surface area contributed by atoms with Crippen molar-refractivity contribution in [3.8, 4) is 0 Å². The van der Waals surface area contributed by atoms with Crippen molar-refractivity contribution in [3.05, 3.63) is 30.1 Å². The molecule has 5 nitrogen and oxygen atoms in total. The van der Waals surface area contributed by atoms with E-state index in [1.54, 1.807) is 13.1 Å². The highest BCUT2D eigenvalue weighted by Crippen LogP contribution is 2.20. The average Bonchev–Trinajstić information content (AvgIpc) is 2.65. The van der Waals surface area contributed by atoms with Crippen LogP contribution in [0.3, 0.4) is 0 Å². The summed E-state index contributed by atoms with van der Waals surface area (Å²) in [6, 6.07) is 7.47. The van der Waals surface area contributed by atoms with Gasteiger partial charge in [0.2, 0.25) is 0 Å². The first-order chi connectivity index (χ1) is 12.1. The van der Waals surface area contributed by atoms with Crippen LogP contribution in [0.4, 0.5) is 10.1 Å². The SMILES string of the molecule is CCC(C)NC(=NC)NCCCN1CCN(c2ccccc2F)CC1.I. The second kappa shape index (κ2) is 12.3. The minimum absolute atomic E-state index is 0. The Morgan fingerprint density at radius 1 is 1.23 bits per heavy atom. The minimum atomic E-state index is -0.125. The second-order valence-electron chi connectivity index (χ2n) is 6.59. The Labute approximate surface area is 174 Å². The lowest BCUT2D eigenvalue weighted by atomic mass is 10.2. The molecule has 1 aliphatic rings. The molecule has 0 amide bonds. The number of nitrogens with zero attached hydrogens (tertiary/aromatic N) is 3. The van der Waals surface area contributed by atoms with Crippen LogP contribution in [0.15, 0.2) is 29.3 Å². The smallest absolute Gasteiger partial charge is 0.191 e. The third kappa shape index (κ3) is 7.26. The summed E-state index contributed by atoms with van der Waals surface area (Å²) < 4.78 is 13.9. The van der Waals surface area contributed by atoms with Gasteiger partial charge in [-0.25, -0.2) is 4.39 Å². The van der Waals surface area contributed by atoms with Gasteiger partial charge >= 0.3 is 0 Å².